The lowest BCUT2D eigenvalue weighted by molar-refractivity contribution is 0.429. The summed E-state index contributed by atoms with van der Waals surface area (Å²) < 4.78 is 0. The molecule has 10 heavy (non-hydrogen) atoms. The van der Waals surface area contributed by atoms with E-state index >= 15 is 0 Å². The monoisotopic (exact) mass is 141 g/mol. The Labute approximate surface area is 64.5 Å². The van der Waals surface area contributed by atoms with Gasteiger partial charge in [-0.15, -0.1) is 0 Å². The zero-order chi connectivity index (χ0) is 8.20. The molecule has 0 saturated carbocycles. The molecule has 0 saturated heterocycles. The molecule has 0 aromatic carbocycles. The standard InChI is InChI=1S/C9H19N/c1-8(2)6-7-9(3,4)10-5/h6,10H,7H2,1-5H3. The van der Waals surface area contributed by atoms with E-state index < -0.39 is 0 Å². The van der Waals surface area contributed by atoms with Crippen LogP contribution in [0.4, 0.5) is 0 Å². The molecular formula is C9H19N. The van der Waals surface area contributed by atoms with E-state index in [0.29, 0.717) is 0 Å². The van der Waals surface area contributed by atoms with Gasteiger partial charge in [0.15, 0.2) is 0 Å². The van der Waals surface area contributed by atoms with Crippen molar-refractivity contribution in [1.82, 2.24) is 5.32 Å². The predicted octanol–water partition coefficient (Wildman–Crippen LogP) is 2.34. The summed E-state index contributed by atoms with van der Waals surface area (Å²) in [5.41, 5.74) is 1.64. The van der Waals surface area contributed by atoms with E-state index in [9.17, 15) is 0 Å². The molecule has 0 aliphatic heterocycles. The fraction of sp³-hybridized carbons (Fsp3) is 0.778. The van der Waals surface area contributed by atoms with Crippen LogP contribution in [0, 0.1) is 0 Å². The molecule has 1 heteroatoms. The second kappa shape index (κ2) is 3.77. The number of hydrogen-bond donors (Lipinski definition) is 1. The Bertz CT molecular complexity index is 119. The van der Waals surface area contributed by atoms with Crippen LogP contribution in [0.1, 0.15) is 34.1 Å². The third-order valence-corrected chi connectivity index (χ3v) is 1.70. The maximum absolute atomic E-state index is 3.25. The smallest absolute Gasteiger partial charge is 0.0156 e. The lowest BCUT2D eigenvalue weighted by Crippen LogP contribution is -2.35. The Morgan fingerprint density at radius 1 is 1.40 bits per heavy atom. The number of rotatable bonds is 3. The van der Waals surface area contributed by atoms with Crippen LogP contribution >= 0.6 is 0 Å². The van der Waals surface area contributed by atoms with Crippen molar-refractivity contribution in [3.8, 4) is 0 Å². The van der Waals surface area contributed by atoms with E-state index in [1.807, 2.05) is 7.05 Å². The highest BCUT2D eigenvalue weighted by molar-refractivity contribution is 4.97. The quantitative estimate of drug-likeness (QED) is 0.595. The number of nitrogens with one attached hydrogen (secondary N) is 1. The fourth-order valence-electron chi connectivity index (χ4n) is 0.561. The molecular weight excluding hydrogens is 122 g/mol. The van der Waals surface area contributed by atoms with E-state index in [1.54, 1.807) is 0 Å². The molecule has 0 fully saturated rings. The molecule has 0 heterocycles. The van der Waals surface area contributed by atoms with Gasteiger partial charge < -0.3 is 5.32 Å². The van der Waals surface area contributed by atoms with Crippen molar-refractivity contribution in [2.24, 2.45) is 0 Å². The summed E-state index contributed by atoms with van der Waals surface area (Å²) in [6, 6.07) is 0. The van der Waals surface area contributed by atoms with Crippen LogP contribution in [0.2, 0.25) is 0 Å². The highest BCUT2D eigenvalue weighted by atomic mass is 14.9. The minimum Gasteiger partial charge on any atom is -0.315 e. The van der Waals surface area contributed by atoms with Crippen molar-refractivity contribution in [3.05, 3.63) is 11.6 Å². The van der Waals surface area contributed by atoms with Crippen LogP contribution in [-0.2, 0) is 0 Å². The van der Waals surface area contributed by atoms with Gasteiger partial charge in [0.1, 0.15) is 0 Å². The van der Waals surface area contributed by atoms with Crippen LogP contribution in [0.3, 0.4) is 0 Å². The normalized spacial score (nSPS) is 11.3. The van der Waals surface area contributed by atoms with Gasteiger partial charge >= 0.3 is 0 Å². The molecule has 0 rings (SSSR count). The molecule has 0 atom stereocenters. The van der Waals surface area contributed by atoms with E-state index in [0.717, 1.165) is 6.42 Å². The van der Waals surface area contributed by atoms with Gasteiger partial charge in [0.2, 0.25) is 0 Å². The zero-order valence-electron chi connectivity index (χ0n) is 7.78. The predicted molar refractivity (Wildman–Crippen MR) is 47.2 cm³/mol. The zero-order valence-corrected chi connectivity index (χ0v) is 7.78. The van der Waals surface area contributed by atoms with Gasteiger partial charge in [-0.2, -0.15) is 0 Å². The Balaban J connectivity index is 3.78. The maximum atomic E-state index is 3.25. The summed E-state index contributed by atoms with van der Waals surface area (Å²) >= 11 is 0. The molecule has 0 aliphatic rings. The highest BCUT2D eigenvalue weighted by Gasteiger charge is 2.11. The molecule has 0 aromatic heterocycles. The van der Waals surface area contributed by atoms with Crippen molar-refractivity contribution < 1.29 is 0 Å². The lowest BCUT2D eigenvalue weighted by Gasteiger charge is -2.21. The van der Waals surface area contributed by atoms with Crippen LogP contribution in [-0.4, -0.2) is 12.6 Å². The third-order valence-electron chi connectivity index (χ3n) is 1.70. The van der Waals surface area contributed by atoms with Crippen LogP contribution in [0.25, 0.3) is 0 Å². The summed E-state index contributed by atoms with van der Waals surface area (Å²) in [6.45, 7) is 8.66. The van der Waals surface area contributed by atoms with E-state index in [2.05, 4.69) is 39.1 Å². The Kier molecular flexibility index (Phi) is 3.66. The van der Waals surface area contributed by atoms with Crippen LogP contribution in [0.5, 0.6) is 0 Å². The van der Waals surface area contributed by atoms with E-state index in [-0.39, 0.29) is 5.54 Å². The second-order valence-electron chi connectivity index (χ2n) is 3.62. The minimum atomic E-state index is 0.247. The van der Waals surface area contributed by atoms with E-state index in [4.69, 9.17) is 0 Å². The van der Waals surface area contributed by atoms with Crippen molar-refractivity contribution in [3.63, 3.8) is 0 Å². The Morgan fingerprint density at radius 2 is 1.90 bits per heavy atom. The summed E-state index contributed by atoms with van der Waals surface area (Å²) in [5.74, 6) is 0. The SMILES string of the molecule is CNC(C)(C)CC=C(C)C. The second-order valence-corrected chi connectivity index (χ2v) is 3.62. The van der Waals surface area contributed by atoms with Gasteiger partial charge in [-0.1, -0.05) is 11.6 Å². The molecule has 0 bridgehead atoms. The first-order valence-corrected chi connectivity index (χ1v) is 3.80. The highest BCUT2D eigenvalue weighted by Crippen LogP contribution is 2.09. The first-order valence-electron chi connectivity index (χ1n) is 3.80. The van der Waals surface area contributed by atoms with Crippen molar-refractivity contribution in [1.29, 1.82) is 0 Å². The summed E-state index contributed by atoms with van der Waals surface area (Å²) in [6.07, 6.45) is 3.36. The fourth-order valence-corrected chi connectivity index (χ4v) is 0.561. The Morgan fingerprint density at radius 3 is 2.20 bits per heavy atom. The minimum absolute atomic E-state index is 0.247. The van der Waals surface area contributed by atoms with E-state index in [1.165, 1.54) is 5.57 Å². The molecule has 0 radical (unpaired) electrons. The van der Waals surface area contributed by atoms with Gasteiger partial charge in [-0.25, -0.2) is 0 Å². The molecule has 0 unspecified atom stereocenters. The maximum Gasteiger partial charge on any atom is 0.0156 e. The topological polar surface area (TPSA) is 12.0 Å². The third kappa shape index (κ3) is 4.57. The van der Waals surface area contributed by atoms with Crippen molar-refractivity contribution in [2.75, 3.05) is 7.05 Å². The average Bonchev–Trinajstić information content (AvgIpc) is 1.85. The Hall–Kier alpha value is -0.300. The van der Waals surface area contributed by atoms with Crippen molar-refractivity contribution >= 4 is 0 Å². The number of hydrogen-bond acceptors (Lipinski definition) is 1. The summed E-state index contributed by atoms with van der Waals surface area (Å²) in [4.78, 5) is 0. The van der Waals surface area contributed by atoms with Gasteiger partial charge in [0, 0.05) is 5.54 Å². The molecule has 0 aromatic rings. The lowest BCUT2D eigenvalue weighted by atomic mass is 10.00. The van der Waals surface area contributed by atoms with Gasteiger partial charge in [-0.05, 0) is 41.2 Å². The summed E-state index contributed by atoms with van der Waals surface area (Å²) in [7, 11) is 2.00. The van der Waals surface area contributed by atoms with Gasteiger partial charge in [0.05, 0.1) is 0 Å². The van der Waals surface area contributed by atoms with Gasteiger partial charge in [-0.3, -0.25) is 0 Å². The summed E-state index contributed by atoms with van der Waals surface area (Å²) in [5, 5.41) is 3.25. The van der Waals surface area contributed by atoms with Crippen molar-refractivity contribution in [2.45, 2.75) is 39.7 Å². The average molecular weight is 141 g/mol. The van der Waals surface area contributed by atoms with Crippen LogP contribution in [0.15, 0.2) is 11.6 Å². The first kappa shape index (κ1) is 9.70. The molecule has 0 spiro atoms. The first-order chi connectivity index (χ1) is 4.48. The molecule has 60 valence electrons. The number of allylic oxidation sites excluding steroid dienone is 1. The largest absolute Gasteiger partial charge is 0.315 e. The molecule has 0 aliphatic carbocycles. The van der Waals surface area contributed by atoms with Gasteiger partial charge in [0.25, 0.3) is 0 Å². The molecule has 1 nitrogen and oxygen atoms in total. The molecule has 1 N–H and O–H groups in total. The molecule has 0 amide bonds. The van der Waals surface area contributed by atoms with Crippen LogP contribution < -0.4 is 5.32 Å².